The Morgan fingerprint density at radius 2 is 1.84 bits per heavy atom. The van der Waals surface area contributed by atoms with E-state index in [0.29, 0.717) is 18.6 Å². The van der Waals surface area contributed by atoms with E-state index in [1.54, 1.807) is 31.2 Å². The van der Waals surface area contributed by atoms with Crippen LogP contribution >= 0.6 is 0 Å². The summed E-state index contributed by atoms with van der Waals surface area (Å²) in [6, 6.07) is 8.76. The smallest absolute Gasteiger partial charge is 0.338 e. The van der Waals surface area contributed by atoms with E-state index in [-0.39, 0.29) is 12.4 Å². The van der Waals surface area contributed by atoms with E-state index < -0.39 is 12.1 Å². The van der Waals surface area contributed by atoms with Crippen LogP contribution in [0.15, 0.2) is 30.3 Å². The number of carbonyl (C=O) groups excluding carboxylic acids is 2. The molecule has 4 nitrogen and oxygen atoms in total. The van der Waals surface area contributed by atoms with Gasteiger partial charge in [-0.15, -0.1) is 0 Å². The molecule has 0 saturated heterocycles. The third-order valence-corrected chi connectivity index (χ3v) is 2.59. The molecule has 1 aromatic rings. The molecule has 19 heavy (non-hydrogen) atoms. The predicted octanol–water partition coefficient (Wildman–Crippen LogP) is 2.97. The van der Waals surface area contributed by atoms with Crippen LogP contribution in [0, 0.1) is 0 Å². The van der Waals surface area contributed by atoms with Gasteiger partial charge in [0.1, 0.15) is 6.10 Å². The summed E-state index contributed by atoms with van der Waals surface area (Å²) in [7, 11) is 0. The van der Waals surface area contributed by atoms with E-state index in [1.165, 1.54) is 0 Å². The van der Waals surface area contributed by atoms with Gasteiger partial charge in [-0.1, -0.05) is 31.5 Å². The molecule has 0 amide bonds. The summed E-state index contributed by atoms with van der Waals surface area (Å²) in [5.41, 5.74) is 0.493. The fraction of sp³-hybridized carbons (Fsp3) is 0.467. The van der Waals surface area contributed by atoms with Crippen LogP contribution in [0.3, 0.4) is 0 Å². The molecular formula is C15H20O4. The van der Waals surface area contributed by atoms with Crippen molar-refractivity contribution in [2.45, 2.75) is 39.2 Å². The Labute approximate surface area is 113 Å². The van der Waals surface area contributed by atoms with E-state index >= 15 is 0 Å². The zero-order chi connectivity index (χ0) is 14.1. The van der Waals surface area contributed by atoms with Crippen molar-refractivity contribution in [2.24, 2.45) is 0 Å². The van der Waals surface area contributed by atoms with Gasteiger partial charge in [0.05, 0.1) is 18.6 Å². The van der Waals surface area contributed by atoms with E-state index in [4.69, 9.17) is 9.47 Å². The zero-order valence-corrected chi connectivity index (χ0v) is 11.4. The highest BCUT2D eigenvalue weighted by Crippen LogP contribution is 2.12. The lowest BCUT2D eigenvalue weighted by Gasteiger charge is -2.16. The molecule has 0 aromatic heterocycles. The fourth-order valence-corrected chi connectivity index (χ4v) is 1.72. The zero-order valence-electron chi connectivity index (χ0n) is 11.4. The first kappa shape index (κ1) is 15.2. The highest BCUT2D eigenvalue weighted by molar-refractivity contribution is 5.89. The topological polar surface area (TPSA) is 52.6 Å². The molecule has 0 aliphatic carbocycles. The molecule has 1 aromatic carbocycles. The number of esters is 2. The van der Waals surface area contributed by atoms with Crippen LogP contribution < -0.4 is 0 Å². The van der Waals surface area contributed by atoms with Crippen molar-refractivity contribution in [1.29, 1.82) is 0 Å². The molecule has 0 N–H and O–H groups in total. The summed E-state index contributed by atoms with van der Waals surface area (Å²) in [6.45, 7) is 4.07. The maximum absolute atomic E-state index is 11.9. The van der Waals surface area contributed by atoms with Gasteiger partial charge in [0.2, 0.25) is 0 Å². The normalized spacial score (nSPS) is 11.7. The molecule has 1 unspecified atom stereocenters. The Bertz CT molecular complexity index is 400. The van der Waals surface area contributed by atoms with E-state index in [1.807, 2.05) is 13.0 Å². The number of carbonyl (C=O) groups is 2. The average Bonchev–Trinajstić information content (AvgIpc) is 2.40. The van der Waals surface area contributed by atoms with Crippen molar-refractivity contribution >= 4 is 11.9 Å². The molecule has 0 aliphatic rings. The van der Waals surface area contributed by atoms with Crippen LogP contribution in [-0.4, -0.2) is 24.6 Å². The third kappa shape index (κ3) is 5.55. The summed E-state index contributed by atoms with van der Waals surface area (Å²) in [6.07, 6.45) is 1.18. The van der Waals surface area contributed by atoms with Gasteiger partial charge in [0.25, 0.3) is 0 Å². The molecule has 0 spiro atoms. The van der Waals surface area contributed by atoms with E-state index in [0.717, 1.165) is 6.42 Å². The van der Waals surface area contributed by atoms with Crippen LogP contribution in [0.25, 0.3) is 0 Å². The Hall–Kier alpha value is -1.84. The van der Waals surface area contributed by atoms with Crippen molar-refractivity contribution in [3.05, 3.63) is 35.9 Å². The fourth-order valence-electron chi connectivity index (χ4n) is 1.72. The number of ether oxygens (including phenoxy) is 2. The Morgan fingerprint density at radius 3 is 2.42 bits per heavy atom. The van der Waals surface area contributed by atoms with Gasteiger partial charge >= 0.3 is 11.9 Å². The van der Waals surface area contributed by atoms with E-state index in [9.17, 15) is 9.59 Å². The molecule has 4 heteroatoms. The predicted molar refractivity (Wildman–Crippen MR) is 71.8 cm³/mol. The highest BCUT2D eigenvalue weighted by Gasteiger charge is 2.19. The minimum Gasteiger partial charge on any atom is -0.466 e. The first-order chi connectivity index (χ1) is 9.17. The maximum Gasteiger partial charge on any atom is 0.338 e. The Kier molecular flexibility index (Phi) is 6.64. The number of hydrogen-bond donors (Lipinski definition) is 0. The third-order valence-electron chi connectivity index (χ3n) is 2.59. The number of rotatable bonds is 7. The molecule has 104 valence electrons. The molecule has 1 rings (SSSR count). The average molecular weight is 264 g/mol. The Morgan fingerprint density at radius 1 is 1.16 bits per heavy atom. The van der Waals surface area contributed by atoms with Crippen molar-refractivity contribution in [2.75, 3.05) is 6.61 Å². The number of hydrogen-bond acceptors (Lipinski definition) is 4. The minimum atomic E-state index is -0.420. The molecular weight excluding hydrogens is 244 g/mol. The van der Waals surface area contributed by atoms with Gasteiger partial charge < -0.3 is 9.47 Å². The van der Waals surface area contributed by atoms with Gasteiger partial charge in [-0.25, -0.2) is 4.79 Å². The van der Waals surface area contributed by atoms with Crippen LogP contribution in [-0.2, 0) is 14.3 Å². The second-order valence-electron chi connectivity index (χ2n) is 4.19. The summed E-state index contributed by atoms with van der Waals surface area (Å²) < 4.78 is 10.2. The van der Waals surface area contributed by atoms with Crippen molar-refractivity contribution in [3.8, 4) is 0 Å². The summed E-state index contributed by atoms with van der Waals surface area (Å²) in [4.78, 5) is 23.3. The van der Waals surface area contributed by atoms with Crippen LogP contribution in [0.1, 0.15) is 43.5 Å². The monoisotopic (exact) mass is 264 g/mol. The first-order valence-electron chi connectivity index (χ1n) is 6.59. The van der Waals surface area contributed by atoms with Crippen molar-refractivity contribution in [1.82, 2.24) is 0 Å². The molecule has 1 atom stereocenters. The number of benzene rings is 1. The minimum absolute atomic E-state index is 0.111. The molecule has 0 bridgehead atoms. The summed E-state index contributed by atoms with van der Waals surface area (Å²) in [5, 5.41) is 0. The molecule has 0 radical (unpaired) electrons. The van der Waals surface area contributed by atoms with Gasteiger partial charge in [0.15, 0.2) is 0 Å². The lowest BCUT2D eigenvalue weighted by molar-refractivity contribution is -0.145. The van der Waals surface area contributed by atoms with Gasteiger partial charge in [0, 0.05) is 0 Å². The lowest BCUT2D eigenvalue weighted by Crippen LogP contribution is -2.22. The second kappa shape index (κ2) is 8.29. The van der Waals surface area contributed by atoms with Crippen molar-refractivity contribution in [3.63, 3.8) is 0 Å². The SMILES string of the molecule is CCCC(CC(=O)OCC)OC(=O)c1ccccc1. The summed E-state index contributed by atoms with van der Waals surface area (Å²) in [5.74, 6) is -0.731. The van der Waals surface area contributed by atoms with Crippen LogP contribution in [0.5, 0.6) is 0 Å². The maximum atomic E-state index is 11.9. The van der Waals surface area contributed by atoms with Gasteiger partial charge in [-0.3, -0.25) is 4.79 Å². The largest absolute Gasteiger partial charge is 0.466 e. The lowest BCUT2D eigenvalue weighted by atomic mass is 10.1. The Balaban J connectivity index is 2.58. The van der Waals surface area contributed by atoms with Crippen molar-refractivity contribution < 1.29 is 19.1 Å². The van der Waals surface area contributed by atoms with Crippen LogP contribution in [0.4, 0.5) is 0 Å². The molecule has 0 fully saturated rings. The standard InChI is InChI=1S/C15H20O4/c1-3-8-13(11-14(16)18-4-2)19-15(17)12-9-6-5-7-10-12/h5-7,9-10,13H,3-4,8,11H2,1-2H3. The van der Waals surface area contributed by atoms with Crippen LogP contribution in [0.2, 0.25) is 0 Å². The van der Waals surface area contributed by atoms with Gasteiger partial charge in [-0.2, -0.15) is 0 Å². The molecule has 0 aliphatic heterocycles. The first-order valence-corrected chi connectivity index (χ1v) is 6.59. The molecule has 0 saturated carbocycles. The summed E-state index contributed by atoms with van der Waals surface area (Å²) >= 11 is 0. The second-order valence-corrected chi connectivity index (χ2v) is 4.19. The highest BCUT2D eigenvalue weighted by atomic mass is 16.6. The quantitative estimate of drug-likeness (QED) is 0.710. The van der Waals surface area contributed by atoms with E-state index in [2.05, 4.69) is 0 Å². The molecule has 0 heterocycles. The van der Waals surface area contributed by atoms with Gasteiger partial charge in [-0.05, 0) is 25.5 Å².